The third-order valence-electron chi connectivity index (χ3n) is 3.00. The maximum Gasteiger partial charge on any atom is 0.281 e. The van der Waals surface area contributed by atoms with Crippen LogP contribution in [-0.2, 0) is 11.8 Å². The van der Waals surface area contributed by atoms with Gasteiger partial charge in [-0.25, -0.2) is 4.39 Å². The second-order valence-corrected chi connectivity index (χ2v) is 4.94. The van der Waals surface area contributed by atoms with Crippen LogP contribution in [0.5, 0.6) is 0 Å². The van der Waals surface area contributed by atoms with Gasteiger partial charge in [0, 0.05) is 18.8 Å². The standard InChI is InChI=1S/C14H11FN4OS/c1-18-8-9(7-16-18)6-12-13(20)19(14(21)17-12)11-4-2-10(15)3-5-11/h2-8H,1H3,(H,17,21)/b12-6+. The molecule has 0 aliphatic carbocycles. The summed E-state index contributed by atoms with van der Waals surface area (Å²) >= 11 is 5.17. The topological polar surface area (TPSA) is 50.2 Å². The zero-order valence-electron chi connectivity index (χ0n) is 11.1. The first-order valence-corrected chi connectivity index (χ1v) is 6.57. The minimum Gasteiger partial charge on any atom is -0.327 e. The summed E-state index contributed by atoms with van der Waals surface area (Å²) in [4.78, 5) is 13.7. The molecule has 5 nitrogen and oxygen atoms in total. The highest BCUT2D eigenvalue weighted by molar-refractivity contribution is 7.80. The van der Waals surface area contributed by atoms with Gasteiger partial charge in [0.15, 0.2) is 5.11 Å². The Morgan fingerprint density at radius 2 is 2.05 bits per heavy atom. The number of anilines is 1. The van der Waals surface area contributed by atoms with Crippen molar-refractivity contribution in [3.63, 3.8) is 0 Å². The van der Waals surface area contributed by atoms with Crippen molar-refractivity contribution in [1.29, 1.82) is 0 Å². The molecule has 2 heterocycles. The average molecular weight is 302 g/mol. The molecule has 7 heteroatoms. The molecular formula is C14H11FN4OS. The Bertz CT molecular complexity index is 751. The van der Waals surface area contributed by atoms with E-state index >= 15 is 0 Å². The lowest BCUT2D eigenvalue weighted by Gasteiger charge is -2.13. The van der Waals surface area contributed by atoms with Crippen LogP contribution in [0.4, 0.5) is 10.1 Å². The van der Waals surface area contributed by atoms with E-state index in [4.69, 9.17) is 12.2 Å². The van der Waals surface area contributed by atoms with Crippen molar-refractivity contribution in [2.24, 2.45) is 7.05 Å². The summed E-state index contributed by atoms with van der Waals surface area (Å²) in [6.45, 7) is 0. The van der Waals surface area contributed by atoms with Crippen LogP contribution < -0.4 is 10.2 Å². The molecule has 0 radical (unpaired) electrons. The van der Waals surface area contributed by atoms with E-state index in [1.165, 1.54) is 29.2 Å². The van der Waals surface area contributed by atoms with Crippen molar-refractivity contribution in [2.45, 2.75) is 0 Å². The largest absolute Gasteiger partial charge is 0.327 e. The van der Waals surface area contributed by atoms with E-state index in [9.17, 15) is 9.18 Å². The highest BCUT2D eigenvalue weighted by Crippen LogP contribution is 2.22. The van der Waals surface area contributed by atoms with E-state index < -0.39 is 0 Å². The van der Waals surface area contributed by atoms with Gasteiger partial charge in [0.2, 0.25) is 0 Å². The third kappa shape index (κ3) is 2.55. The van der Waals surface area contributed by atoms with Crippen LogP contribution in [0.25, 0.3) is 6.08 Å². The minimum atomic E-state index is -0.365. The average Bonchev–Trinajstić information content (AvgIpc) is 2.96. The summed E-state index contributed by atoms with van der Waals surface area (Å²) in [7, 11) is 1.79. The number of thiocarbonyl (C=S) groups is 1. The highest BCUT2D eigenvalue weighted by atomic mass is 32.1. The summed E-state index contributed by atoms with van der Waals surface area (Å²) in [6.07, 6.45) is 5.10. The Hall–Kier alpha value is -2.54. The normalized spacial score (nSPS) is 16.7. The molecule has 1 aromatic carbocycles. The second-order valence-electron chi connectivity index (χ2n) is 4.55. The number of nitrogens with one attached hydrogen (secondary N) is 1. The van der Waals surface area contributed by atoms with Crippen LogP contribution in [-0.4, -0.2) is 20.8 Å². The van der Waals surface area contributed by atoms with Crippen LogP contribution in [0.2, 0.25) is 0 Å². The Balaban J connectivity index is 1.92. The van der Waals surface area contributed by atoms with Gasteiger partial charge < -0.3 is 5.32 Å². The zero-order valence-corrected chi connectivity index (χ0v) is 11.9. The number of aryl methyl sites for hydroxylation is 1. The zero-order chi connectivity index (χ0) is 15.0. The predicted molar refractivity (Wildman–Crippen MR) is 80.8 cm³/mol. The number of amides is 1. The van der Waals surface area contributed by atoms with Gasteiger partial charge in [-0.05, 0) is 42.6 Å². The van der Waals surface area contributed by atoms with Crippen LogP contribution in [0.15, 0.2) is 42.4 Å². The Morgan fingerprint density at radius 3 is 2.67 bits per heavy atom. The smallest absolute Gasteiger partial charge is 0.281 e. The van der Waals surface area contributed by atoms with E-state index in [1.807, 2.05) is 0 Å². The van der Waals surface area contributed by atoms with Gasteiger partial charge in [0.05, 0.1) is 11.9 Å². The van der Waals surface area contributed by atoms with Gasteiger partial charge in [-0.3, -0.25) is 14.4 Å². The first kappa shape index (κ1) is 13.4. The van der Waals surface area contributed by atoms with Crippen LogP contribution >= 0.6 is 12.2 Å². The fourth-order valence-electron chi connectivity index (χ4n) is 2.04. The SMILES string of the molecule is Cn1cc(/C=C2/NC(=S)N(c3ccc(F)cc3)C2=O)cn1. The van der Waals surface area contributed by atoms with Gasteiger partial charge in [-0.2, -0.15) is 5.10 Å². The monoisotopic (exact) mass is 302 g/mol. The molecule has 1 aromatic heterocycles. The van der Waals surface area contributed by atoms with E-state index in [1.54, 1.807) is 30.2 Å². The fourth-order valence-corrected chi connectivity index (χ4v) is 2.34. The number of benzene rings is 1. The Kier molecular flexibility index (Phi) is 3.26. The summed E-state index contributed by atoms with van der Waals surface area (Å²) in [5, 5.41) is 7.16. The molecule has 106 valence electrons. The molecule has 3 rings (SSSR count). The molecular weight excluding hydrogens is 291 g/mol. The molecule has 1 amide bonds. The summed E-state index contributed by atoms with van der Waals surface area (Å²) in [5.74, 6) is -0.647. The molecule has 0 saturated carbocycles. The summed E-state index contributed by atoms with van der Waals surface area (Å²) in [5.41, 5.74) is 1.67. The Morgan fingerprint density at radius 1 is 1.33 bits per heavy atom. The molecule has 1 N–H and O–H groups in total. The maximum absolute atomic E-state index is 13.0. The van der Waals surface area contributed by atoms with Crippen LogP contribution in [0.1, 0.15) is 5.56 Å². The predicted octanol–water partition coefficient (Wildman–Crippen LogP) is 1.82. The molecule has 1 aliphatic rings. The number of rotatable bonds is 2. The molecule has 21 heavy (non-hydrogen) atoms. The minimum absolute atomic E-state index is 0.266. The first-order valence-electron chi connectivity index (χ1n) is 6.16. The maximum atomic E-state index is 13.0. The Labute approximate surface area is 125 Å². The molecule has 0 bridgehead atoms. The van der Waals surface area contributed by atoms with Crippen molar-refractivity contribution in [3.05, 3.63) is 53.7 Å². The lowest BCUT2D eigenvalue weighted by molar-refractivity contribution is -0.113. The van der Waals surface area contributed by atoms with Gasteiger partial charge in [-0.1, -0.05) is 0 Å². The molecule has 1 saturated heterocycles. The number of nitrogens with zero attached hydrogens (tertiary/aromatic N) is 3. The van der Waals surface area contributed by atoms with E-state index in [0.29, 0.717) is 11.4 Å². The third-order valence-corrected chi connectivity index (χ3v) is 3.28. The number of aromatic nitrogens is 2. The lowest BCUT2D eigenvalue weighted by atomic mass is 10.2. The molecule has 0 atom stereocenters. The van der Waals surface area contributed by atoms with Crippen molar-refractivity contribution < 1.29 is 9.18 Å². The van der Waals surface area contributed by atoms with E-state index in [2.05, 4.69) is 10.4 Å². The van der Waals surface area contributed by atoms with Gasteiger partial charge in [-0.15, -0.1) is 0 Å². The molecule has 2 aromatic rings. The second kappa shape index (κ2) is 5.10. The highest BCUT2D eigenvalue weighted by Gasteiger charge is 2.31. The van der Waals surface area contributed by atoms with Crippen molar-refractivity contribution in [3.8, 4) is 0 Å². The summed E-state index contributed by atoms with van der Waals surface area (Å²) in [6, 6.07) is 5.59. The van der Waals surface area contributed by atoms with Crippen molar-refractivity contribution in [2.75, 3.05) is 4.90 Å². The summed E-state index contributed by atoms with van der Waals surface area (Å²) < 4.78 is 14.6. The first-order chi connectivity index (χ1) is 10.0. The van der Waals surface area contributed by atoms with Crippen LogP contribution in [0, 0.1) is 5.82 Å². The molecule has 0 unspecified atom stereocenters. The van der Waals surface area contributed by atoms with Crippen LogP contribution in [0.3, 0.4) is 0 Å². The number of hydrogen-bond donors (Lipinski definition) is 1. The quantitative estimate of drug-likeness (QED) is 0.679. The van der Waals surface area contributed by atoms with E-state index in [0.717, 1.165) is 5.56 Å². The van der Waals surface area contributed by atoms with Gasteiger partial charge in [0.1, 0.15) is 11.5 Å². The number of hydrogen-bond acceptors (Lipinski definition) is 3. The molecule has 0 spiro atoms. The number of halogens is 1. The number of carbonyl (C=O) groups is 1. The lowest BCUT2D eigenvalue weighted by Crippen LogP contribution is -2.30. The molecule has 1 aliphatic heterocycles. The van der Waals surface area contributed by atoms with Gasteiger partial charge in [0.25, 0.3) is 5.91 Å². The number of carbonyl (C=O) groups excluding carboxylic acids is 1. The van der Waals surface area contributed by atoms with Gasteiger partial charge >= 0.3 is 0 Å². The van der Waals surface area contributed by atoms with Crippen molar-refractivity contribution >= 4 is 35.0 Å². The fraction of sp³-hybridized carbons (Fsp3) is 0.0714. The van der Waals surface area contributed by atoms with Crippen molar-refractivity contribution in [1.82, 2.24) is 15.1 Å². The molecule has 1 fully saturated rings. The van der Waals surface area contributed by atoms with E-state index in [-0.39, 0.29) is 16.8 Å².